The molecule has 0 saturated heterocycles. The second kappa shape index (κ2) is 5.13. The molecule has 17 heavy (non-hydrogen) atoms. The van der Waals surface area contributed by atoms with Crippen molar-refractivity contribution in [1.29, 1.82) is 0 Å². The summed E-state index contributed by atoms with van der Waals surface area (Å²) in [5.74, 6) is 0.541. The molecule has 2 unspecified atom stereocenters. The van der Waals surface area contributed by atoms with Crippen LogP contribution in [0.15, 0.2) is 18.5 Å². The van der Waals surface area contributed by atoms with Crippen molar-refractivity contribution in [3.63, 3.8) is 0 Å². The maximum Gasteiger partial charge on any atom is 0.141 e. The lowest BCUT2D eigenvalue weighted by Crippen LogP contribution is -2.30. The van der Waals surface area contributed by atoms with Gasteiger partial charge in [-0.1, -0.05) is 13.3 Å². The molecule has 1 aliphatic rings. The number of rotatable bonds is 4. The lowest BCUT2D eigenvalue weighted by Gasteiger charge is -2.27. The van der Waals surface area contributed by atoms with Gasteiger partial charge in [-0.15, -0.1) is 0 Å². The van der Waals surface area contributed by atoms with Crippen LogP contribution >= 0.6 is 0 Å². The van der Waals surface area contributed by atoms with Crippen molar-refractivity contribution in [2.45, 2.75) is 39.0 Å². The molecule has 0 bridgehead atoms. The van der Waals surface area contributed by atoms with Crippen molar-refractivity contribution >= 4 is 0 Å². The number of hydrogen-bond acceptors (Lipinski definition) is 2. The summed E-state index contributed by atoms with van der Waals surface area (Å²) in [4.78, 5) is 3.92. The Labute approximate surface area is 102 Å². The monoisotopic (exact) mass is 236 g/mol. The van der Waals surface area contributed by atoms with E-state index in [1.807, 2.05) is 0 Å². The average molecular weight is 236 g/mol. The first-order valence-electron chi connectivity index (χ1n) is 6.47. The standard InChI is InChI=1S/C14H21FN2/c1-2-11-3-4-14(6-11,10-16)7-12-5-13(15)9-17-8-12/h5,8-9,11H,2-4,6-7,10,16H2,1H3. The van der Waals surface area contributed by atoms with E-state index in [4.69, 9.17) is 5.73 Å². The molecule has 1 heterocycles. The maximum atomic E-state index is 13.1. The van der Waals surface area contributed by atoms with Crippen LogP contribution in [0.5, 0.6) is 0 Å². The number of hydrogen-bond donors (Lipinski definition) is 1. The normalized spacial score (nSPS) is 28.5. The van der Waals surface area contributed by atoms with Gasteiger partial charge in [0, 0.05) is 6.20 Å². The van der Waals surface area contributed by atoms with E-state index >= 15 is 0 Å². The lowest BCUT2D eigenvalue weighted by atomic mass is 9.79. The third-order valence-corrected chi connectivity index (χ3v) is 4.16. The van der Waals surface area contributed by atoms with Gasteiger partial charge in [-0.25, -0.2) is 4.39 Å². The predicted octanol–water partition coefficient (Wildman–Crippen LogP) is 2.92. The molecule has 0 aromatic carbocycles. The molecule has 1 saturated carbocycles. The molecule has 1 aliphatic carbocycles. The number of nitrogens with zero attached hydrogens (tertiary/aromatic N) is 1. The maximum absolute atomic E-state index is 13.1. The smallest absolute Gasteiger partial charge is 0.141 e. The number of aromatic nitrogens is 1. The Morgan fingerprint density at radius 1 is 1.53 bits per heavy atom. The van der Waals surface area contributed by atoms with E-state index in [-0.39, 0.29) is 11.2 Å². The summed E-state index contributed by atoms with van der Waals surface area (Å²) in [6.45, 7) is 2.93. The molecule has 2 rings (SSSR count). The van der Waals surface area contributed by atoms with Crippen LogP contribution in [0, 0.1) is 17.2 Å². The van der Waals surface area contributed by atoms with Crippen LogP contribution in [-0.4, -0.2) is 11.5 Å². The Morgan fingerprint density at radius 3 is 2.94 bits per heavy atom. The van der Waals surface area contributed by atoms with Gasteiger partial charge in [-0.2, -0.15) is 0 Å². The van der Waals surface area contributed by atoms with Gasteiger partial charge < -0.3 is 5.73 Å². The Balaban J connectivity index is 2.10. The van der Waals surface area contributed by atoms with E-state index in [1.165, 1.54) is 31.9 Å². The molecule has 2 N–H and O–H groups in total. The van der Waals surface area contributed by atoms with E-state index in [2.05, 4.69) is 11.9 Å². The Kier molecular flexibility index (Phi) is 3.77. The van der Waals surface area contributed by atoms with Gasteiger partial charge in [0.15, 0.2) is 0 Å². The third kappa shape index (κ3) is 2.83. The molecule has 1 aromatic rings. The van der Waals surface area contributed by atoms with Gasteiger partial charge >= 0.3 is 0 Å². The van der Waals surface area contributed by atoms with E-state index in [0.29, 0.717) is 6.54 Å². The zero-order chi connectivity index (χ0) is 12.3. The van der Waals surface area contributed by atoms with Crippen LogP contribution in [0.25, 0.3) is 0 Å². The zero-order valence-electron chi connectivity index (χ0n) is 10.5. The molecule has 0 spiro atoms. The van der Waals surface area contributed by atoms with Gasteiger partial charge in [0.05, 0.1) is 6.20 Å². The summed E-state index contributed by atoms with van der Waals surface area (Å²) < 4.78 is 13.1. The fraction of sp³-hybridized carbons (Fsp3) is 0.643. The summed E-state index contributed by atoms with van der Waals surface area (Å²) in [7, 11) is 0. The van der Waals surface area contributed by atoms with Crippen LogP contribution in [0.4, 0.5) is 4.39 Å². The second-order valence-electron chi connectivity index (χ2n) is 5.41. The van der Waals surface area contributed by atoms with Gasteiger partial charge in [-0.05, 0) is 55.2 Å². The van der Waals surface area contributed by atoms with Crippen LogP contribution in [0.3, 0.4) is 0 Å². The van der Waals surface area contributed by atoms with Gasteiger partial charge in [0.2, 0.25) is 0 Å². The molecular weight excluding hydrogens is 215 g/mol. The summed E-state index contributed by atoms with van der Waals surface area (Å²) in [6, 6.07) is 1.59. The Bertz CT molecular complexity index is 380. The summed E-state index contributed by atoms with van der Waals surface area (Å²) in [6.07, 6.45) is 8.71. The zero-order valence-corrected chi connectivity index (χ0v) is 10.5. The number of nitrogens with two attached hydrogens (primary N) is 1. The van der Waals surface area contributed by atoms with Crippen LogP contribution in [0.1, 0.15) is 38.2 Å². The highest BCUT2D eigenvalue weighted by atomic mass is 19.1. The van der Waals surface area contributed by atoms with Gasteiger partial charge in [-0.3, -0.25) is 4.98 Å². The second-order valence-corrected chi connectivity index (χ2v) is 5.41. The van der Waals surface area contributed by atoms with Crippen LogP contribution in [0.2, 0.25) is 0 Å². The molecule has 94 valence electrons. The first-order valence-corrected chi connectivity index (χ1v) is 6.47. The third-order valence-electron chi connectivity index (χ3n) is 4.16. The predicted molar refractivity (Wildman–Crippen MR) is 67.0 cm³/mol. The number of halogens is 1. The minimum atomic E-state index is -0.250. The summed E-state index contributed by atoms with van der Waals surface area (Å²) >= 11 is 0. The van der Waals surface area contributed by atoms with Crippen molar-refractivity contribution in [1.82, 2.24) is 4.98 Å². The molecular formula is C14H21FN2. The summed E-state index contributed by atoms with van der Waals surface area (Å²) in [5.41, 5.74) is 7.11. The van der Waals surface area contributed by atoms with Crippen molar-refractivity contribution < 1.29 is 4.39 Å². The van der Waals surface area contributed by atoms with Crippen molar-refractivity contribution in [3.05, 3.63) is 29.8 Å². The quantitative estimate of drug-likeness (QED) is 0.873. The summed E-state index contributed by atoms with van der Waals surface area (Å²) in [5, 5.41) is 0. The SMILES string of the molecule is CCC1CCC(CN)(Cc2cncc(F)c2)C1. The minimum Gasteiger partial charge on any atom is -0.330 e. The van der Waals surface area contributed by atoms with E-state index < -0.39 is 0 Å². The van der Waals surface area contributed by atoms with Crippen LogP contribution < -0.4 is 5.73 Å². The highest BCUT2D eigenvalue weighted by Gasteiger charge is 2.37. The highest BCUT2D eigenvalue weighted by molar-refractivity contribution is 5.13. The molecule has 0 radical (unpaired) electrons. The van der Waals surface area contributed by atoms with E-state index in [1.54, 1.807) is 12.3 Å². The molecule has 3 heteroatoms. The topological polar surface area (TPSA) is 38.9 Å². The first-order chi connectivity index (χ1) is 8.17. The van der Waals surface area contributed by atoms with Crippen molar-refractivity contribution in [2.24, 2.45) is 17.1 Å². The molecule has 0 aliphatic heterocycles. The highest BCUT2D eigenvalue weighted by Crippen LogP contribution is 2.44. The van der Waals surface area contributed by atoms with Crippen molar-refractivity contribution in [3.8, 4) is 0 Å². The van der Waals surface area contributed by atoms with E-state index in [0.717, 1.165) is 17.9 Å². The fourth-order valence-electron chi connectivity index (χ4n) is 3.08. The largest absolute Gasteiger partial charge is 0.330 e. The first kappa shape index (κ1) is 12.5. The Morgan fingerprint density at radius 2 is 2.35 bits per heavy atom. The molecule has 1 fully saturated rings. The average Bonchev–Trinajstić information content (AvgIpc) is 2.73. The van der Waals surface area contributed by atoms with Crippen molar-refractivity contribution in [2.75, 3.05) is 6.54 Å². The molecule has 1 aromatic heterocycles. The molecule has 2 nitrogen and oxygen atoms in total. The Hall–Kier alpha value is -0.960. The van der Waals surface area contributed by atoms with E-state index in [9.17, 15) is 4.39 Å². The van der Waals surface area contributed by atoms with Crippen LogP contribution in [-0.2, 0) is 6.42 Å². The van der Waals surface area contributed by atoms with Gasteiger partial charge in [0.25, 0.3) is 0 Å². The minimum absolute atomic E-state index is 0.177. The molecule has 0 amide bonds. The number of pyridine rings is 1. The lowest BCUT2D eigenvalue weighted by molar-refractivity contribution is 0.290. The fourth-order valence-corrected chi connectivity index (χ4v) is 3.08. The molecule has 2 atom stereocenters. The van der Waals surface area contributed by atoms with Gasteiger partial charge in [0.1, 0.15) is 5.82 Å².